The van der Waals surface area contributed by atoms with Crippen LogP contribution in [0.3, 0.4) is 0 Å². The van der Waals surface area contributed by atoms with E-state index >= 15 is 0 Å². The number of aromatic nitrogens is 1. The maximum absolute atomic E-state index is 12.5. The SMILES string of the molecule is COc1ccc(CNC(=O)c2cncc(Nc3c(C)cc(C)cc3C)c2)cc1. The van der Waals surface area contributed by atoms with E-state index in [0.29, 0.717) is 12.1 Å². The fraction of sp³-hybridized carbons (Fsp3) is 0.217. The first kappa shape index (κ1) is 19.4. The van der Waals surface area contributed by atoms with Crippen LogP contribution in [0.1, 0.15) is 32.6 Å². The molecule has 3 aromatic rings. The van der Waals surface area contributed by atoms with Gasteiger partial charge in [0.15, 0.2) is 0 Å². The minimum absolute atomic E-state index is 0.163. The number of hydrogen-bond donors (Lipinski definition) is 2. The standard InChI is InChI=1S/C23H25N3O2/c1-15-9-16(2)22(17(3)10-15)26-20-11-19(13-24-14-20)23(27)25-12-18-5-7-21(28-4)8-6-18/h5-11,13-14,26H,12H2,1-4H3,(H,25,27). The summed E-state index contributed by atoms with van der Waals surface area (Å²) < 4.78 is 5.15. The van der Waals surface area contributed by atoms with E-state index in [1.54, 1.807) is 19.5 Å². The molecule has 1 heterocycles. The zero-order chi connectivity index (χ0) is 20.1. The molecule has 0 saturated heterocycles. The first-order valence-corrected chi connectivity index (χ1v) is 9.17. The van der Waals surface area contributed by atoms with Crippen molar-refractivity contribution in [3.63, 3.8) is 0 Å². The molecule has 0 bridgehead atoms. The van der Waals surface area contributed by atoms with Gasteiger partial charge in [-0.15, -0.1) is 0 Å². The highest BCUT2D eigenvalue weighted by Crippen LogP contribution is 2.26. The average Bonchev–Trinajstić information content (AvgIpc) is 2.69. The highest BCUT2D eigenvalue weighted by Gasteiger charge is 2.09. The van der Waals surface area contributed by atoms with Gasteiger partial charge in [-0.3, -0.25) is 9.78 Å². The summed E-state index contributed by atoms with van der Waals surface area (Å²) in [5.74, 6) is 0.629. The number of nitrogens with one attached hydrogen (secondary N) is 2. The number of carbonyl (C=O) groups excluding carboxylic acids is 1. The molecule has 2 aromatic carbocycles. The van der Waals surface area contributed by atoms with Crippen molar-refractivity contribution < 1.29 is 9.53 Å². The third-order valence-electron chi connectivity index (χ3n) is 4.56. The van der Waals surface area contributed by atoms with E-state index in [0.717, 1.165) is 33.8 Å². The second-order valence-corrected chi connectivity index (χ2v) is 6.89. The molecule has 1 aromatic heterocycles. The van der Waals surface area contributed by atoms with Crippen molar-refractivity contribution in [2.24, 2.45) is 0 Å². The molecule has 0 unspecified atom stereocenters. The van der Waals surface area contributed by atoms with Crippen molar-refractivity contribution in [1.29, 1.82) is 0 Å². The summed E-state index contributed by atoms with van der Waals surface area (Å²) in [4.78, 5) is 16.7. The van der Waals surface area contributed by atoms with Gasteiger partial charge in [0.1, 0.15) is 5.75 Å². The normalized spacial score (nSPS) is 10.4. The zero-order valence-corrected chi connectivity index (χ0v) is 16.7. The summed E-state index contributed by atoms with van der Waals surface area (Å²) in [6.45, 7) is 6.66. The lowest BCUT2D eigenvalue weighted by Gasteiger charge is -2.14. The molecular formula is C23H25N3O2. The average molecular weight is 375 g/mol. The minimum atomic E-state index is -0.163. The van der Waals surface area contributed by atoms with E-state index in [9.17, 15) is 4.79 Å². The molecule has 0 spiro atoms. The number of aryl methyl sites for hydroxylation is 3. The summed E-state index contributed by atoms with van der Waals surface area (Å²) in [7, 11) is 1.63. The minimum Gasteiger partial charge on any atom is -0.497 e. The summed E-state index contributed by atoms with van der Waals surface area (Å²) in [5.41, 5.74) is 6.89. The van der Waals surface area contributed by atoms with Gasteiger partial charge in [-0.1, -0.05) is 29.8 Å². The van der Waals surface area contributed by atoms with Crippen LogP contribution in [0.2, 0.25) is 0 Å². The monoisotopic (exact) mass is 375 g/mol. The molecule has 0 fully saturated rings. The summed E-state index contributed by atoms with van der Waals surface area (Å²) in [5, 5.41) is 6.32. The van der Waals surface area contributed by atoms with Gasteiger partial charge in [-0.05, 0) is 55.7 Å². The molecule has 5 nitrogen and oxygen atoms in total. The quantitative estimate of drug-likeness (QED) is 0.656. The van der Waals surface area contributed by atoms with Gasteiger partial charge < -0.3 is 15.4 Å². The van der Waals surface area contributed by atoms with E-state index in [1.807, 2.05) is 30.3 Å². The summed E-state index contributed by atoms with van der Waals surface area (Å²) in [6, 6.07) is 13.7. The van der Waals surface area contributed by atoms with E-state index in [4.69, 9.17) is 4.74 Å². The number of ether oxygens (including phenoxy) is 1. The fourth-order valence-electron chi connectivity index (χ4n) is 3.18. The molecule has 1 amide bonds. The zero-order valence-electron chi connectivity index (χ0n) is 16.7. The Bertz CT molecular complexity index is 958. The Kier molecular flexibility index (Phi) is 5.94. The number of nitrogens with zero attached hydrogens (tertiary/aromatic N) is 1. The highest BCUT2D eigenvalue weighted by atomic mass is 16.5. The first-order valence-electron chi connectivity index (χ1n) is 9.17. The van der Waals surface area contributed by atoms with Gasteiger partial charge >= 0.3 is 0 Å². The van der Waals surface area contributed by atoms with Crippen molar-refractivity contribution in [2.45, 2.75) is 27.3 Å². The molecule has 0 atom stereocenters. The van der Waals surface area contributed by atoms with Crippen LogP contribution in [-0.4, -0.2) is 18.0 Å². The summed E-state index contributed by atoms with van der Waals surface area (Å²) in [6.07, 6.45) is 3.29. The lowest BCUT2D eigenvalue weighted by atomic mass is 10.0. The molecule has 0 aliphatic rings. The molecule has 0 aliphatic carbocycles. The van der Waals surface area contributed by atoms with Crippen LogP contribution in [0.25, 0.3) is 0 Å². The molecule has 0 radical (unpaired) electrons. The molecule has 28 heavy (non-hydrogen) atoms. The van der Waals surface area contributed by atoms with Gasteiger partial charge in [-0.2, -0.15) is 0 Å². The van der Waals surface area contributed by atoms with Crippen LogP contribution in [0.15, 0.2) is 54.9 Å². The predicted molar refractivity (Wildman–Crippen MR) is 112 cm³/mol. The van der Waals surface area contributed by atoms with Gasteiger partial charge in [0.2, 0.25) is 0 Å². The van der Waals surface area contributed by atoms with Crippen LogP contribution in [-0.2, 0) is 6.54 Å². The van der Waals surface area contributed by atoms with Gasteiger partial charge in [0, 0.05) is 18.4 Å². The Balaban J connectivity index is 1.69. The Morgan fingerprint density at radius 3 is 2.32 bits per heavy atom. The van der Waals surface area contributed by atoms with Crippen LogP contribution < -0.4 is 15.4 Å². The van der Waals surface area contributed by atoms with Gasteiger partial charge in [0.05, 0.1) is 24.6 Å². The number of benzene rings is 2. The lowest BCUT2D eigenvalue weighted by Crippen LogP contribution is -2.23. The molecule has 2 N–H and O–H groups in total. The van der Waals surface area contributed by atoms with Crippen molar-refractivity contribution in [2.75, 3.05) is 12.4 Å². The highest BCUT2D eigenvalue weighted by molar-refractivity contribution is 5.94. The number of pyridine rings is 1. The van der Waals surface area contributed by atoms with Crippen molar-refractivity contribution >= 4 is 17.3 Å². The predicted octanol–water partition coefficient (Wildman–Crippen LogP) is 4.69. The Morgan fingerprint density at radius 2 is 1.68 bits per heavy atom. The first-order chi connectivity index (χ1) is 13.5. The third-order valence-corrected chi connectivity index (χ3v) is 4.56. The maximum Gasteiger partial charge on any atom is 0.253 e. The number of anilines is 2. The number of carbonyl (C=O) groups is 1. The maximum atomic E-state index is 12.5. The lowest BCUT2D eigenvalue weighted by molar-refractivity contribution is 0.0950. The molecule has 0 saturated carbocycles. The second-order valence-electron chi connectivity index (χ2n) is 6.89. The van der Waals surface area contributed by atoms with Crippen molar-refractivity contribution in [3.8, 4) is 5.75 Å². The van der Waals surface area contributed by atoms with Crippen LogP contribution in [0.4, 0.5) is 11.4 Å². The van der Waals surface area contributed by atoms with Crippen LogP contribution in [0.5, 0.6) is 5.75 Å². The van der Waals surface area contributed by atoms with Gasteiger partial charge in [-0.25, -0.2) is 0 Å². The molecule has 5 heteroatoms. The topological polar surface area (TPSA) is 63.2 Å². The number of methoxy groups -OCH3 is 1. The smallest absolute Gasteiger partial charge is 0.253 e. The second kappa shape index (κ2) is 8.57. The molecule has 3 rings (SSSR count). The summed E-state index contributed by atoms with van der Waals surface area (Å²) >= 11 is 0. The Labute approximate surface area is 165 Å². The van der Waals surface area contributed by atoms with Crippen LogP contribution in [0, 0.1) is 20.8 Å². The van der Waals surface area contributed by atoms with E-state index in [2.05, 4.69) is 48.5 Å². The molecule has 0 aliphatic heterocycles. The third kappa shape index (κ3) is 4.68. The van der Waals surface area contributed by atoms with Crippen LogP contribution >= 0.6 is 0 Å². The van der Waals surface area contributed by atoms with Crippen molar-refractivity contribution in [3.05, 3.63) is 82.7 Å². The fourth-order valence-corrected chi connectivity index (χ4v) is 3.18. The van der Waals surface area contributed by atoms with Crippen molar-refractivity contribution in [1.82, 2.24) is 10.3 Å². The van der Waals surface area contributed by atoms with E-state index < -0.39 is 0 Å². The number of amides is 1. The number of hydrogen-bond acceptors (Lipinski definition) is 4. The largest absolute Gasteiger partial charge is 0.497 e. The molecule has 144 valence electrons. The van der Waals surface area contributed by atoms with E-state index in [-0.39, 0.29) is 5.91 Å². The van der Waals surface area contributed by atoms with Gasteiger partial charge in [0.25, 0.3) is 5.91 Å². The number of rotatable bonds is 6. The van der Waals surface area contributed by atoms with E-state index in [1.165, 1.54) is 5.56 Å². The Morgan fingerprint density at radius 1 is 1.00 bits per heavy atom. The Hall–Kier alpha value is -3.34. The molecular weight excluding hydrogens is 350 g/mol.